The summed E-state index contributed by atoms with van der Waals surface area (Å²) in [4.78, 5) is 4.92. The monoisotopic (exact) mass is 1290 g/mol. The van der Waals surface area contributed by atoms with Crippen molar-refractivity contribution in [1.29, 1.82) is 0 Å². The molecule has 7 heteroatoms. The van der Waals surface area contributed by atoms with Gasteiger partial charge in [-0.05, 0) is 187 Å². The smallest absolute Gasteiger partial charge is 0.213 e. The van der Waals surface area contributed by atoms with Gasteiger partial charge in [0.1, 0.15) is 21.1 Å². The van der Waals surface area contributed by atoms with Gasteiger partial charge in [0.15, 0.2) is 18.6 Å². The van der Waals surface area contributed by atoms with Gasteiger partial charge in [0.2, 0.25) is 17.1 Å². The minimum absolute atomic E-state index is 0. The maximum atomic E-state index is 9.23. The highest BCUT2D eigenvalue weighted by molar-refractivity contribution is 7.26. The molecule has 1 aliphatic carbocycles. The first-order valence-electron chi connectivity index (χ1n) is 34.9. The van der Waals surface area contributed by atoms with Gasteiger partial charge < -0.3 is 0 Å². The number of nitrogens with zero attached hydrogens (tertiary/aromatic N) is 4. The predicted octanol–water partition coefficient (Wildman–Crippen LogP) is 24.3. The Morgan fingerprint density at radius 3 is 1.47 bits per heavy atom. The zero-order valence-corrected chi connectivity index (χ0v) is 55.1. The Morgan fingerprint density at radius 2 is 0.894 bits per heavy atom. The molecule has 0 spiro atoms. The van der Waals surface area contributed by atoms with E-state index in [0.717, 1.165) is 75.9 Å². The van der Waals surface area contributed by atoms with Crippen LogP contribution in [0.25, 0.3) is 138 Å². The van der Waals surface area contributed by atoms with Crippen LogP contribution in [0, 0.1) is 39.9 Å². The normalized spacial score (nSPS) is 14.7. The minimum atomic E-state index is -2.10. The number of benzene rings is 9. The van der Waals surface area contributed by atoms with Crippen LogP contribution in [-0.4, -0.2) is 4.98 Å². The van der Waals surface area contributed by atoms with Crippen molar-refractivity contribution in [3.05, 3.63) is 252 Å². The maximum absolute atomic E-state index is 9.23. The van der Waals surface area contributed by atoms with E-state index in [2.05, 4.69) is 226 Å². The molecule has 1 saturated carbocycles. The molecular weight excluding hydrogens is 1200 g/mol. The molecule has 0 radical (unpaired) electrons. The molecule has 0 N–H and O–H groups in total. The van der Waals surface area contributed by atoms with E-state index in [1.165, 1.54) is 110 Å². The number of hydrogen-bond acceptors (Lipinski definition) is 4. The van der Waals surface area contributed by atoms with Crippen molar-refractivity contribution in [2.45, 2.75) is 102 Å². The molecule has 16 aromatic rings. The van der Waals surface area contributed by atoms with Gasteiger partial charge in [-0.15, -0.1) is 34.0 Å². The number of aryl methyl sites for hydroxylation is 8. The lowest BCUT2D eigenvalue weighted by Crippen LogP contribution is -2.30. The fraction of sp³-hybridized carbons (Fsp3) is 0.218. The number of fused-ring (bicyclic) bond motifs is 12. The topological polar surface area (TPSA) is 24.5 Å². The van der Waals surface area contributed by atoms with Crippen molar-refractivity contribution >= 4 is 127 Å². The Balaban J connectivity index is 0.000000144. The largest absolute Gasteiger partial charge is 0.246 e. The molecule has 9 aromatic carbocycles. The summed E-state index contributed by atoms with van der Waals surface area (Å²) < 4.78 is 69.6. The van der Waals surface area contributed by atoms with Crippen molar-refractivity contribution in [2.75, 3.05) is 0 Å². The van der Waals surface area contributed by atoms with Gasteiger partial charge in [0, 0.05) is 84.1 Å². The average molecular weight is 1290 g/mol. The third-order valence-electron chi connectivity index (χ3n) is 18.9. The van der Waals surface area contributed by atoms with Crippen LogP contribution in [-0.2, 0) is 21.1 Å². The average Bonchev–Trinajstić information content (AvgIpc) is 1.64. The van der Waals surface area contributed by atoms with E-state index in [1.54, 1.807) is 46.9 Å². The van der Waals surface area contributed by atoms with Crippen LogP contribution in [0.2, 0.25) is 0 Å². The first-order valence-corrected chi connectivity index (χ1v) is 33.8. The number of aromatic nitrogens is 4. The maximum Gasteiger partial charge on any atom is 0.213 e. The second kappa shape index (κ2) is 26.1. The van der Waals surface area contributed by atoms with E-state index in [-0.39, 0.29) is 22.3 Å². The summed E-state index contributed by atoms with van der Waals surface area (Å²) >= 11 is 5.43. The molecule has 0 atom stereocenters. The minimum Gasteiger partial charge on any atom is -0.246 e. The van der Waals surface area contributed by atoms with E-state index >= 15 is 0 Å². The summed E-state index contributed by atoms with van der Waals surface area (Å²) in [7, 11) is 6.23. The van der Waals surface area contributed by atoms with E-state index in [4.69, 9.17) is 13.2 Å². The van der Waals surface area contributed by atoms with Crippen molar-refractivity contribution in [3.8, 4) is 44.9 Å². The van der Waals surface area contributed by atoms with Crippen molar-refractivity contribution in [1.82, 2.24) is 4.98 Å². The molecule has 1 aliphatic rings. The Kier molecular flexibility index (Phi) is 15.7. The van der Waals surface area contributed by atoms with Crippen LogP contribution in [0.3, 0.4) is 0 Å². The molecule has 7 aromatic heterocycles. The zero-order chi connectivity index (χ0) is 68.3. The molecular formula is C87H87N4S3+3. The molecule has 94 heavy (non-hydrogen) atoms. The summed E-state index contributed by atoms with van der Waals surface area (Å²) in [5.41, 5.74) is 16.8. The molecule has 0 saturated heterocycles. The molecule has 7 heterocycles. The molecule has 0 aliphatic heterocycles. The van der Waals surface area contributed by atoms with Crippen LogP contribution >= 0.6 is 34.0 Å². The SMILES string of the molecule is C.C.C.Cc1ccccc1-c1cc2sc3cc4ccccc4nc3c2c[n+]1C.[2H]C([2H])([2H])c1ccc(-c2cc3sc4cc5cc(-c6ccccc6)ccc5cc4c3c[n+]2C)c(C)c1.[2H]C([2H])([2H])c1ccc(-c2cc3sc4cc5cc(C6([2H])CCC(C)(C)CC6)ccc5cc4c3c[n+]2C)c(C)c1. The molecule has 0 bridgehead atoms. The quantitative estimate of drug-likeness (QED) is 0.158. The first-order chi connectivity index (χ1) is 46.8. The number of hydrogen-bond donors (Lipinski definition) is 0. The third-order valence-corrected chi connectivity index (χ3v) is 22.2. The molecule has 1 fully saturated rings. The van der Waals surface area contributed by atoms with Crippen molar-refractivity contribution in [2.24, 2.45) is 26.6 Å². The van der Waals surface area contributed by atoms with Gasteiger partial charge in [0.25, 0.3) is 0 Å². The van der Waals surface area contributed by atoms with Gasteiger partial charge in [-0.25, -0.2) is 18.7 Å². The number of pyridine rings is 4. The number of rotatable bonds is 5. The van der Waals surface area contributed by atoms with E-state index in [1.807, 2.05) is 49.4 Å². The first kappa shape index (κ1) is 56.6. The zero-order valence-electron chi connectivity index (χ0n) is 59.6. The van der Waals surface area contributed by atoms with Crippen LogP contribution in [0.4, 0.5) is 0 Å². The summed E-state index contributed by atoms with van der Waals surface area (Å²) in [6.45, 7) is 6.58. The highest BCUT2D eigenvalue weighted by atomic mass is 32.1. The number of thiophene rings is 3. The Morgan fingerprint density at radius 1 is 0.415 bits per heavy atom. The summed E-state index contributed by atoms with van der Waals surface area (Å²) in [5, 5.41) is 12.3. The Labute approximate surface area is 577 Å². The number of para-hydroxylation sites is 1. The van der Waals surface area contributed by atoms with E-state index < -0.39 is 19.6 Å². The lowest BCUT2D eigenvalue weighted by Gasteiger charge is -2.34. The summed E-state index contributed by atoms with van der Waals surface area (Å²) in [6, 6.07) is 69.8. The van der Waals surface area contributed by atoms with Gasteiger partial charge >= 0.3 is 0 Å². The summed E-state index contributed by atoms with van der Waals surface area (Å²) in [5.74, 6) is -0.492. The van der Waals surface area contributed by atoms with Gasteiger partial charge in [-0.1, -0.05) is 169 Å². The standard InChI is InChI=1S/C32H34NS.C30H24NS.C22H17N2S.3CH4/c1-20-6-9-26(21(2)14-20)29-18-31-28(19-33(29)5)27-16-24-8-7-23(15-25(24)17-30(27)34-31)22-10-12-32(3,4)13-11-22;1-19-9-12-25(20(2)13-19)28-17-30-27(18-31(28)3)26-15-23-11-10-22(21-7-5-4-6-8-21)14-24(23)16-29(26)32-30;1-14-7-3-5-9-16(14)19-12-20-17(13-24(19)2)22-21(25-20)11-15-8-4-6-10-18(15)23-22;;;/h6-9,14-19,22H,10-13H2,1-5H3;4-18H,1-3H3;3-13H,1-2H3;3*1H4/q3*+1;;;/i1D3,22D;1D3;;;;. The van der Waals surface area contributed by atoms with Crippen LogP contribution in [0.5, 0.6) is 0 Å². The fourth-order valence-corrected chi connectivity index (χ4v) is 17.1. The fourth-order valence-electron chi connectivity index (χ4n) is 13.7. The molecule has 470 valence electrons. The van der Waals surface area contributed by atoms with Gasteiger partial charge in [0.05, 0.1) is 31.9 Å². The Hall–Kier alpha value is -8.98. The molecule has 0 amide bonds. The lowest BCUT2D eigenvalue weighted by atomic mass is 9.71. The van der Waals surface area contributed by atoms with Gasteiger partial charge in [-0.2, -0.15) is 0 Å². The molecule has 4 nitrogen and oxygen atoms in total. The molecule has 17 rings (SSSR count). The van der Waals surface area contributed by atoms with Crippen LogP contribution in [0.15, 0.2) is 219 Å². The lowest BCUT2D eigenvalue weighted by molar-refractivity contribution is -0.659. The predicted molar refractivity (Wildman–Crippen MR) is 412 cm³/mol. The highest BCUT2D eigenvalue weighted by Gasteiger charge is 2.28. The Bertz CT molecular complexity index is 5870. The van der Waals surface area contributed by atoms with Crippen LogP contribution in [0.1, 0.15) is 111 Å². The summed E-state index contributed by atoms with van der Waals surface area (Å²) in [6.07, 6.45) is 10.7. The second-order valence-electron chi connectivity index (χ2n) is 25.8. The van der Waals surface area contributed by atoms with Crippen molar-refractivity contribution in [3.63, 3.8) is 0 Å². The van der Waals surface area contributed by atoms with Crippen LogP contribution < -0.4 is 13.7 Å². The second-order valence-corrected chi connectivity index (χ2v) is 29.1. The van der Waals surface area contributed by atoms with E-state index in [0.29, 0.717) is 16.5 Å². The van der Waals surface area contributed by atoms with Crippen molar-refractivity contribution < 1.29 is 23.3 Å². The highest BCUT2D eigenvalue weighted by Crippen LogP contribution is 2.45. The third kappa shape index (κ3) is 12.3. The van der Waals surface area contributed by atoms with Gasteiger partial charge in [-0.3, -0.25) is 0 Å². The van der Waals surface area contributed by atoms with E-state index in [9.17, 15) is 1.37 Å². The molecule has 0 unspecified atom stereocenters.